The van der Waals surface area contributed by atoms with E-state index in [0.717, 1.165) is 16.8 Å². The van der Waals surface area contributed by atoms with E-state index in [0.29, 0.717) is 30.6 Å². The summed E-state index contributed by atoms with van der Waals surface area (Å²) in [6.07, 6.45) is 7.18. The topological polar surface area (TPSA) is 101 Å². The van der Waals surface area contributed by atoms with Crippen LogP contribution in [0.2, 0.25) is 0 Å². The summed E-state index contributed by atoms with van der Waals surface area (Å²) in [4.78, 5) is 34.4. The average molecular weight is 377 g/mol. The molecule has 0 atom stereocenters. The van der Waals surface area contributed by atoms with Gasteiger partial charge >= 0.3 is 5.97 Å². The lowest BCUT2D eigenvalue weighted by Crippen LogP contribution is -2.37. The maximum absolute atomic E-state index is 12.9. The Labute approximate surface area is 161 Å². The molecule has 1 aliphatic rings. The van der Waals surface area contributed by atoms with Gasteiger partial charge in [-0.2, -0.15) is 5.10 Å². The van der Waals surface area contributed by atoms with Crippen molar-refractivity contribution in [2.75, 3.05) is 6.54 Å². The number of carbonyl (C=O) groups is 2. The summed E-state index contributed by atoms with van der Waals surface area (Å²) in [5, 5.41) is 13.9. The Morgan fingerprint density at radius 1 is 1.14 bits per heavy atom. The standard InChI is InChI=1S/C20H19N5O3/c1-13-10-22-8-4-15(13)19(26)24-9-5-17-16(12-24)18(20(27)28)23-25(17)11-14-2-6-21-7-3-14/h2-4,6-8,10H,5,9,11-12H2,1H3,(H,27,28). The molecule has 0 saturated carbocycles. The number of hydrogen-bond donors (Lipinski definition) is 1. The maximum atomic E-state index is 12.9. The number of rotatable bonds is 4. The molecule has 8 nitrogen and oxygen atoms in total. The highest BCUT2D eigenvalue weighted by Gasteiger charge is 2.30. The fourth-order valence-electron chi connectivity index (χ4n) is 3.51. The summed E-state index contributed by atoms with van der Waals surface area (Å²) in [7, 11) is 0. The van der Waals surface area contributed by atoms with Crippen LogP contribution in [0, 0.1) is 6.92 Å². The van der Waals surface area contributed by atoms with E-state index < -0.39 is 5.97 Å². The fourth-order valence-corrected chi connectivity index (χ4v) is 3.51. The van der Waals surface area contributed by atoms with E-state index in [2.05, 4.69) is 15.1 Å². The number of pyridine rings is 2. The van der Waals surface area contributed by atoms with Gasteiger partial charge in [-0.1, -0.05) is 0 Å². The van der Waals surface area contributed by atoms with Gasteiger partial charge in [-0.15, -0.1) is 0 Å². The first kappa shape index (κ1) is 17.8. The molecule has 0 radical (unpaired) electrons. The summed E-state index contributed by atoms with van der Waals surface area (Å²) in [6.45, 7) is 3.04. The summed E-state index contributed by atoms with van der Waals surface area (Å²) < 4.78 is 1.73. The molecule has 1 N–H and O–H groups in total. The monoisotopic (exact) mass is 377 g/mol. The quantitative estimate of drug-likeness (QED) is 0.745. The van der Waals surface area contributed by atoms with Crippen LogP contribution in [0.4, 0.5) is 0 Å². The van der Waals surface area contributed by atoms with Crippen molar-refractivity contribution >= 4 is 11.9 Å². The van der Waals surface area contributed by atoms with Crippen molar-refractivity contribution in [3.63, 3.8) is 0 Å². The number of fused-ring (bicyclic) bond motifs is 1. The number of carbonyl (C=O) groups excluding carboxylic acids is 1. The molecular weight excluding hydrogens is 358 g/mol. The largest absolute Gasteiger partial charge is 0.476 e. The van der Waals surface area contributed by atoms with E-state index in [1.54, 1.807) is 40.4 Å². The second-order valence-electron chi connectivity index (χ2n) is 6.76. The number of aromatic nitrogens is 4. The summed E-state index contributed by atoms with van der Waals surface area (Å²) >= 11 is 0. The van der Waals surface area contributed by atoms with Crippen LogP contribution >= 0.6 is 0 Å². The molecule has 0 spiro atoms. The van der Waals surface area contributed by atoms with E-state index in [1.165, 1.54) is 0 Å². The van der Waals surface area contributed by atoms with Gasteiger partial charge in [-0.05, 0) is 36.2 Å². The summed E-state index contributed by atoms with van der Waals surface area (Å²) in [5.41, 5.74) is 3.85. The number of carboxylic acid groups (broad SMARTS) is 1. The Hall–Kier alpha value is -3.55. The van der Waals surface area contributed by atoms with Crippen LogP contribution < -0.4 is 0 Å². The lowest BCUT2D eigenvalue weighted by molar-refractivity contribution is 0.0674. The number of hydrogen-bond acceptors (Lipinski definition) is 5. The van der Waals surface area contributed by atoms with Gasteiger partial charge in [0, 0.05) is 54.6 Å². The third-order valence-corrected chi connectivity index (χ3v) is 4.96. The molecule has 0 bridgehead atoms. The molecule has 0 saturated heterocycles. The number of aromatic carboxylic acids is 1. The SMILES string of the molecule is Cc1cnccc1C(=O)N1CCc2c(c(C(=O)O)nn2Cc2ccncc2)C1. The Morgan fingerprint density at radius 2 is 1.89 bits per heavy atom. The lowest BCUT2D eigenvalue weighted by atomic mass is 10.0. The molecular formula is C20H19N5O3. The van der Waals surface area contributed by atoms with Crippen molar-refractivity contribution in [3.8, 4) is 0 Å². The number of nitrogens with zero attached hydrogens (tertiary/aromatic N) is 5. The van der Waals surface area contributed by atoms with Gasteiger partial charge in [-0.25, -0.2) is 4.79 Å². The Morgan fingerprint density at radius 3 is 2.61 bits per heavy atom. The molecule has 28 heavy (non-hydrogen) atoms. The molecule has 1 amide bonds. The highest BCUT2D eigenvalue weighted by molar-refractivity contribution is 5.96. The number of carboxylic acids is 1. The Kier molecular flexibility index (Phi) is 4.60. The van der Waals surface area contributed by atoms with Crippen LogP contribution in [-0.4, -0.2) is 48.2 Å². The van der Waals surface area contributed by atoms with Crippen LogP contribution in [0.3, 0.4) is 0 Å². The second kappa shape index (κ2) is 7.22. The zero-order chi connectivity index (χ0) is 19.7. The van der Waals surface area contributed by atoms with Gasteiger partial charge < -0.3 is 10.0 Å². The minimum absolute atomic E-state index is 0.00741. The van der Waals surface area contributed by atoms with Crippen LogP contribution in [0.15, 0.2) is 43.0 Å². The highest BCUT2D eigenvalue weighted by atomic mass is 16.4. The van der Waals surface area contributed by atoms with Gasteiger partial charge in [0.2, 0.25) is 0 Å². The first-order valence-electron chi connectivity index (χ1n) is 8.95. The molecule has 3 aromatic heterocycles. The van der Waals surface area contributed by atoms with Crippen LogP contribution in [0.25, 0.3) is 0 Å². The predicted octanol–water partition coefficient (Wildman–Crippen LogP) is 1.93. The summed E-state index contributed by atoms with van der Waals surface area (Å²) in [6, 6.07) is 5.44. The predicted molar refractivity (Wildman–Crippen MR) is 99.9 cm³/mol. The number of aryl methyl sites for hydroxylation is 1. The van der Waals surface area contributed by atoms with E-state index >= 15 is 0 Å². The zero-order valence-corrected chi connectivity index (χ0v) is 15.4. The smallest absolute Gasteiger partial charge is 0.356 e. The van der Waals surface area contributed by atoms with Gasteiger partial charge in [0.1, 0.15) is 0 Å². The van der Waals surface area contributed by atoms with Crippen molar-refractivity contribution in [2.24, 2.45) is 0 Å². The molecule has 8 heteroatoms. The minimum atomic E-state index is -1.08. The van der Waals surface area contributed by atoms with Crippen molar-refractivity contribution in [3.05, 3.63) is 76.6 Å². The molecule has 0 aliphatic carbocycles. The minimum Gasteiger partial charge on any atom is -0.476 e. The highest BCUT2D eigenvalue weighted by Crippen LogP contribution is 2.25. The zero-order valence-electron chi connectivity index (χ0n) is 15.4. The van der Waals surface area contributed by atoms with Crippen molar-refractivity contribution < 1.29 is 14.7 Å². The molecule has 4 rings (SSSR count). The van der Waals surface area contributed by atoms with Gasteiger partial charge in [0.25, 0.3) is 5.91 Å². The van der Waals surface area contributed by atoms with E-state index in [4.69, 9.17) is 0 Å². The lowest BCUT2D eigenvalue weighted by Gasteiger charge is -2.28. The average Bonchev–Trinajstić information content (AvgIpc) is 3.06. The van der Waals surface area contributed by atoms with Crippen molar-refractivity contribution in [2.45, 2.75) is 26.4 Å². The normalized spacial score (nSPS) is 13.2. The molecule has 142 valence electrons. The van der Waals surface area contributed by atoms with Crippen LogP contribution in [0.1, 0.15) is 43.2 Å². The van der Waals surface area contributed by atoms with Crippen LogP contribution in [-0.2, 0) is 19.5 Å². The molecule has 4 heterocycles. The molecule has 0 aromatic carbocycles. The van der Waals surface area contributed by atoms with Crippen LogP contribution in [0.5, 0.6) is 0 Å². The van der Waals surface area contributed by atoms with E-state index in [1.807, 2.05) is 19.1 Å². The first-order chi connectivity index (χ1) is 13.5. The first-order valence-corrected chi connectivity index (χ1v) is 8.95. The van der Waals surface area contributed by atoms with Gasteiger partial charge in [-0.3, -0.25) is 19.4 Å². The third-order valence-electron chi connectivity index (χ3n) is 4.96. The van der Waals surface area contributed by atoms with E-state index in [9.17, 15) is 14.7 Å². The molecule has 1 aliphatic heterocycles. The van der Waals surface area contributed by atoms with Gasteiger partial charge in [0.15, 0.2) is 5.69 Å². The van der Waals surface area contributed by atoms with Crippen molar-refractivity contribution in [1.29, 1.82) is 0 Å². The van der Waals surface area contributed by atoms with Crippen molar-refractivity contribution in [1.82, 2.24) is 24.6 Å². The summed E-state index contributed by atoms with van der Waals surface area (Å²) in [5.74, 6) is -1.21. The third kappa shape index (κ3) is 3.24. The molecule has 0 unspecified atom stereocenters. The second-order valence-corrected chi connectivity index (χ2v) is 6.76. The Balaban J connectivity index is 1.65. The molecule has 0 fully saturated rings. The van der Waals surface area contributed by atoms with E-state index in [-0.39, 0.29) is 18.1 Å². The number of amides is 1. The fraction of sp³-hybridized carbons (Fsp3) is 0.250. The van der Waals surface area contributed by atoms with Gasteiger partial charge in [0.05, 0.1) is 13.1 Å². The molecule has 3 aromatic rings. The maximum Gasteiger partial charge on any atom is 0.356 e. The Bertz CT molecular complexity index is 1050.